The van der Waals surface area contributed by atoms with Crippen LogP contribution in [0.25, 0.3) is 0 Å². The Morgan fingerprint density at radius 3 is 2.44 bits per heavy atom. The van der Waals surface area contributed by atoms with Gasteiger partial charge in [0, 0.05) is 37.8 Å². The minimum absolute atomic E-state index is 0. The summed E-state index contributed by atoms with van der Waals surface area (Å²) in [6.45, 7) is 4.49. The van der Waals surface area contributed by atoms with E-state index in [1.165, 1.54) is 12.8 Å². The molecule has 1 saturated carbocycles. The molecule has 0 heterocycles. The Morgan fingerprint density at radius 2 is 1.93 bits per heavy atom. The number of nitrogens with zero attached hydrogens (tertiary/aromatic N) is 3. The number of likely N-dealkylation sites (N-methyl/N-ethyl adjacent to an activating group) is 1. The van der Waals surface area contributed by atoms with Crippen molar-refractivity contribution in [3.8, 4) is 11.5 Å². The maximum Gasteiger partial charge on any atom is 0.194 e. The molecule has 1 atom stereocenters. The summed E-state index contributed by atoms with van der Waals surface area (Å²) < 4.78 is 10.8. The van der Waals surface area contributed by atoms with Crippen LogP contribution >= 0.6 is 24.0 Å². The van der Waals surface area contributed by atoms with E-state index in [0.717, 1.165) is 48.6 Å². The molecule has 1 aromatic rings. The number of hydrogen-bond acceptors (Lipinski definition) is 4. The van der Waals surface area contributed by atoms with E-state index < -0.39 is 0 Å². The van der Waals surface area contributed by atoms with E-state index in [2.05, 4.69) is 43.2 Å². The van der Waals surface area contributed by atoms with E-state index in [1.54, 1.807) is 14.2 Å². The van der Waals surface area contributed by atoms with Gasteiger partial charge in [0.15, 0.2) is 5.96 Å². The third-order valence-corrected chi connectivity index (χ3v) is 4.86. The Hall–Kier alpha value is -1.22. The zero-order valence-electron chi connectivity index (χ0n) is 17.5. The fourth-order valence-corrected chi connectivity index (χ4v) is 3.18. The van der Waals surface area contributed by atoms with Crippen molar-refractivity contribution >= 4 is 29.9 Å². The van der Waals surface area contributed by atoms with Gasteiger partial charge in [0.25, 0.3) is 0 Å². The average molecular weight is 490 g/mol. The molecule has 0 radical (unpaired) electrons. The first-order valence-electron chi connectivity index (χ1n) is 9.36. The van der Waals surface area contributed by atoms with Crippen molar-refractivity contribution in [3.63, 3.8) is 0 Å². The van der Waals surface area contributed by atoms with E-state index in [9.17, 15) is 0 Å². The summed E-state index contributed by atoms with van der Waals surface area (Å²) in [5.74, 6) is 3.35. The SMILES string of the molecule is CCNC(=NCC(C1CC1)N(C)C)N(C)Cc1ccc(OC)cc1OC.I. The third-order valence-electron chi connectivity index (χ3n) is 4.86. The van der Waals surface area contributed by atoms with Gasteiger partial charge in [0.1, 0.15) is 11.5 Å². The second kappa shape index (κ2) is 11.6. The van der Waals surface area contributed by atoms with Gasteiger partial charge in [0.2, 0.25) is 0 Å². The van der Waals surface area contributed by atoms with Gasteiger partial charge in [-0.1, -0.05) is 0 Å². The molecule has 0 amide bonds. The maximum absolute atomic E-state index is 5.52. The first-order valence-corrected chi connectivity index (χ1v) is 9.36. The van der Waals surface area contributed by atoms with Crippen LogP contribution in [0.1, 0.15) is 25.3 Å². The summed E-state index contributed by atoms with van der Waals surface area (Å²) in [5.41, 5.74) is 1.10. The number of nitrogens with one attached hydrogen (secondary N) is 1. The monoisotopic (exact) mass is 490 g/mol. The Bertz CT molecular complexity index is 604. The third kappa shape index (κ3) is 7.03. The number of rotatable bonds is 9. The molecule has 1 aliphatic rings. The molecule has 0 bridgehead atoms. The van der Waals surface area contributed by atoms with Gasteiger partial charge in [-0.05, 0) is 51.9 Å². The standard InChI is InChI=1S/C20H34N4O2.HI/c1-7-21-20(22-13-18(23(2)3)15-8-9-15)24(4)14-16-10-11-17(25-5)12-19(16)26-6;/h10-12,15,18H,7-9,13-14H2,1-6H3,(H,21,22);1H. The second-order valence-electron chi connectivity index (χ2n) is 7.10. The highest BCUT2D eigenvalue weighted by Gasteiger charge is 2.32. The van der Waals surface area contributed by atoms with E-state index in [0.29, 0.717) is 6.04 Å². The number of halogens is 1. The van der Waals surface area contributed by atoms with Crippen LogP contribution in [0.3, 0.4) is 0 Å². The summed E-state index contributed by atoms with van der Waals surface area (Å²) in [7, 11) is 9.72. The number of benzene rings is 1. The molecule has 2 rings (SSSR count). The first kappa shape index (κ1) is 23.8. The Morgan fingerprint density at radius 1 is 1.22 bits per heavy atom. The van der Waals surface area contributed by atoms with Crippen molar-refractivity contribution < 1.29 is 9.47 Å². The molecule has 1 aromatic carbocycles. The van der Waals surface area contributed by atoms with Gasteiger partial charge in [-0.15, -0.1) is 24.0 Å². The molecular weight excluding hydrogens is 455 g/mol. The lowest BCUT2D eigenvalue weighted by molar-refractivity contribution is 0.270. The van der Waals surface area contributed by atoms with Gasteiger partial charge in [0.05, 0.1) is 20.8 Å². The van der Waals surface area contributed by atoms with Crippen LogP contribution < -0.4 is 14.8 Å². The Labute approximate surface area is 181 Å². The van der Waals surface area contributed by atoms with Gasteiger partial charge in [-0.25, -0.2) is 0 Å². The maximum atomic E-state index is 5.52. The van der Waals surface area contributed by atoms with Gasteiger partial charge in [-0.3, -0.25) is 4.99 Å². The van der Waals surface area contributed by atoms with Crippen LogP contribution in [0.2, 0.25) is 0 Å². The molecule has 0 saturated heterocycles. The molecule has 0 spiro atoms. The number of aliphatic imine (C=N–C) groups is 1. The second-order valence-corrected chi connectivity index (χ2v) is 7.10. The fraction of sp³-hybridized carbons (Fsp3) is 0.650. The minimum atomic E-state index is 0. The topological polar surface area (TPSA) is 49.3 Å². The quantitative estimate of drug-likeness (QED) is 0.328. The van der Waals surface area contributed by atoms with Crippen molar-refractivity contribution in [2.45, 2.75) is 32.4 Å². The first-order chi connectivity index (χ1) is 12.5. The normalized spacial score (nSPS) is 15.1. The smallest absolute Gasteiger partial charge is 0.194 e. The largest absolute Gasteiger partial charge is 0.497 e. The Balaban J connectivity index is 0.00000364. The highest BCUT2D eigenvalue weighted by atomic mass is 127. The molecular formula is C20H35IN4O2. The zero-order valence-corrected chi connectivity index (χ0v) is 19.8. The summed E-state index contributed by atoms with van der Waals surface area (Å²) in [4.78, 5) is 9.35. The number of hydrogen-bond donors (Lipinski definition) is 1. The summed E-state index contributed by atoms with van der Waals surface area (Å²) in [6.07, 6.45) is 2.65. The van der Waals surface area contributed by atoms with Crippen molar-refractivity contribution in [1.82, 2.24) is 15.1 Å². The highest BCUT2D eigenvalue weighted by Crippen LogP contribution is 2.34. The summed E-state index contributed by atoms with van der Waals surface area (Å²) in [5, 5.41) is 3.41. The van der Waals surface area contributed by atoms with Crippen molar-refractivity contribution in [2.75, 3.05) is 48.5 Å². The molecule has 1 fully saturated rings. The lowest BCUT2D eigenvalue weighted by Crippen LogP contribution is -2.40. The van der Waals surface area contributed by atoms with E-state index in [1.807, 2.05) is 18.2 Å². The predicted octanol–water partition coefficient (Wildman–Crippen LogP) is 3.06. The van der Waals surface area contributed by atoms with Crippen LogP contribution in [-0.4, -0.2) is 70.3 Å². The van der Waals surface area contributed by atoms with Gasteiger partial charge < -0.3 is 24.6 Å². The van der Waals surface area contributed by atoms with E-state index in [4.69, 9.17) is 14.5 Å². The predicted molar refractivity (Wildman–Crippen MR) is 123 cm³/mol. The number of guanidine groups is 1. The molecule has 0 aliphatic heterocycles. The van der Waals surface area contributed by atoms with Crippen molar-refractivity contribution in [1.29, 1.82) is 0 Å². The molecule has 1 N–H and O–H groups in total. The van der Waals surface area contributed by atoms with Crippen LogP contribution in [0.5, 0.6) is 11.5 Å². The zero-order chi connectivity index (χ0) is 19.1. The van der Waals surface area contributed by atoms with Crippen LogP contribution in [0.4, 0.5) is 0 Å². The van der Waals surface area contributed by atoms with E-state index in [-0.39, 0.29) is 24.0 Å². The highest BCUT2D eigenvalue weighted by molar-refractivity contribution is 14.0. The molecule has 1 aliphatic carbocycles. The van der Waals surface area contributed by atoms with Crippen LogP contribution in [0.15, 0.2) is 23.2 Å². The number of methoxy groups -OCH3 is 2. The molecule has 154 valence electrons. The minimum Gasteiger partial charge on any atom is -0.497 e. The lowest BCUT2D eigenvalue weighted by atomic mass is 10.1. The van der Waals surface area contributed by atoms with Crippen LogP contribution in [0, 0.1) is 5.92 Å². The van der Waals surface area contributed by atoms with Gasteiger partial charge >= 0.3 is 0 Å². The molecule has 0 aromatic heterocycles. The van der Waals surface area contributed by atoms with Crippen LogP contribution in [-0.2, 0) is 6.54 Å². The number of ether oxygens (including phenoxy) is 2. The molecule has 27 heavy (non-hydrogen) atoms. The van der Waals surface area contributed by atoms with Gasteiger partial charge in [-0.2, -0.15) is 0 Å². The molecule has 6 nitrogen and oxygen atoms in total. The molecule has 7 heteroatoms. The fourth-order valence-electron chi connectivity index (χ4n) is 3.18. The average Bonchev–Trinajstić information content (AvgIpc) is 3.46. The van der Waals surface area contributed by atoms with Crippen molar-refractivity contribution in [2.24, 2.45) is 10.9 Å². The Kier molecular flexibility index (Phi) is 10.2. The molecule has 1 unspecified atom stereocenters. The lowest BCUT2D eigenvalue weighted by Gasteiger charge is -2.26. The van der Waals surface area contributed by atoms with Crippen molar-refractivity contribution in [3.05, 3.63) is 23.8 Å². The van der Waals surface area contributed by atoms with E-state index >= 15 is 0 Å². The summed E-state index contributed by atoms with van der Waals surface area (Å²) in [6, 6.07) is 6.45. The summed E-state index contributed by atoms with van der Waals surface area (Å²) >= 11 is 0.